The van der Waals surface area contributed by atoms with Crippen molar-refractivity contribution in [2.24, 2.45) is 5.92 Å². The van der Waals surface area contributed by atoms with Crippen LogP contribution in [0, 0.1) is 9.49 Å². The van der Waals surface area contributed by atoms with E-state index in [4.69, 9.17) is 9.52 Å². The third-order valence-corrected chi connectivity index (χ3v) is 4.97. The Balaban J connectivity index is 1.68. The van der Waals surface area contributed by atoms with Crippen molar-refractivity contribution in [2.45, 2.75) is 6.42 Å². The van der Waals surface area contributed by atoms with E-state index in [1.807, 2.05) is 24.3 Å². The molecule has 126 valence electrons. The first-order valence-corrected chi connectivity index (χ1v) is 8.79. The lowest BCUT2D eigenvalue weighted by Gasteiger charge is -2.15. The standard InChI is InChI=1S/C18H13IN2O4/c19-12-3-1-10(2-4-12)17-20-14-6-5-13(8-15(14)25-17)21-9-11(18(23)24)7-16(21)22/h1-6,8,11H,7,9H2,(H,23,24)/t11-/m1/s1. The van der Waals surface area contributed by atoms with Crippen LogP contribution in [0.2, 0.25) is 0 Å². The van der Waals surface area contributed by atoms with Gasteiger partial charge in [-0.05, 0) is 59.0 Å². The molecule has 3 aromatic rings. The second-order valence-electron chi connectivity index (χ2n) is 5.92. The Morgan fingerprint density at radius 1 is 1.24 bits per heavy atom. The highest BCUT2D eigenvalue weighted by atomic mass is 127. The molecule has 7 heteroatoms. The summed E-state index contributed by atoms with van der Waals surface area (Å²) in [6.45, 7) is 0.178. The first-order chi connectivity index (χ1) is 12.0. The van der Waals surface area contributed by atoms with Crippen LogP contribution in [0.5, 0.6) is 0 Å². The van der Waals surface area contributed by atoms with Crippen molar-refractivity contribution in [1.82, 2.24) is 4.98 Å². The predicted octanol–water partition coefficient (Wildman–Crippen LogP) is 3.54. The lowest BCUT2D eigenvalue weighted by atomic mass is 10.1. The molecule has 0 saturated carbocycles. The second-order valence-corrected chi connectivity index (χ2v) is 7.17. The Morgan fingerprint density at radius 3 is 2.68 bits per heavy atom. The van der Waals surface area contributed by atoms with Gasteiger partial charge in [0.15, 0.2) is 5.58 Å². The smallest absolute Gasteiger partial charge is 0.308 e. The molecule has 2 aromatic carbocycles. The van der Waals surface area contributed by atoms with E-state index in [1.54, 1.807) is 18.2 Å². The maximum Gasteiger partial charge on any atom is 0.308 e. The number of nitrogens with zero attached hydrogens (tertiary/aromatic N) is 2. The van der Waals surface area contributed by atoms with Crippen LogP contribution in [0.1, 0.15) is 6.42 Å². The van der Waals surface area contributed by atoms with E-state index in [-0.39, 0.29) is 18.9 Å². The summed E-state index contributed by atoms with van der Waals surface area (Å²) in [6.07, 6.45) is 0.0255. The molecule has 4 rings (SSSR count). The number of carboxylic acid groups (broad SMARTS) is 1. The van der Waals surface area contributed by atoms with Crippen LogP contribution < -0.4 is 4.90 Å². The molecule has 1 N–H and O–H groups in total. The SMILES string of the molecule is O=C(O)[C@@H]1CC(=O)N(c2ccc3nc(-c4ccc(I)cc4)oc3c2)C1. The molecule has 25 heavy (non-hydrogen) atoms. The highest BCUT2D eigenvalue weighted by molar-refractivity contribution is 14.1. The zero-order chi connectivity index (χ0) is 17.6. The van der Waals surface area contributed by atoms with Gasteiger partial charge >= 0.3 is 5.97 Å². The molecule has 1 saturated heterocycles. The van der Waals surface area contributed by atoms with Gasteiger partial charge in [0.05, 0.1) is 5.92 Å². The van der Waals surface area contributed by atoms with Gasteiger partial charge in [-0.3, -0.25) is 9.59 Å². The number of benzene rings is 2. The fraction of sp³-hybridized carbons (Fsp3) is 0.167. The van der Waals surface area contributed by atoms with Gasteiger partial charge in [-0.1, -0.05) is 0 Å². The van der Waals surface area contributed by atoms with Crippen molar-refractivity contribution in [3.05, 3.63) is 46.0 Å². The number of fused-ring (bicyclic) bond motifs is 1. The third-order valence-electron chi connectivity index (χ3n) is 4.25. The Hall–Kier alpha value is -2.42. The molecule has 0 aliphatic carbocycles. The molecule has 0 radical (unpaired) electrons. The summed E-state index contributed by atoms with van der Waals surface area (Å²) in [7, 11) is 0. The van der Waals surface area contributed by atoms with Crippen LogP contribution in [0.25, 0.3) is 22.6 Å². The number of rotatable bonds is 3. The molecular formula is C18H13IN2O4. The van der Waals surface area contributed by atoms with Crippen LogP contribution in [0.3, 0.4) is 0 Å². The zero-order valence-corrected chi connectivity index (χ0v) is 15.1. The predicted molar refractivity (Wildman–Crippen MR) is 100 cm³/mol. The number of amides is 1. The topological polar surface area (TPSA) is 83.6 Å². The number of halogens is 1. The van der Waals surface area contributed by atoms with E-state index in [9.17, 15) is 9.59 Å². The van der Waals surface area contributed by atoms with E-state index in [1.165, 1.54) is 4.90 Å². The summed E-state index contributed by atoms with van der Waals surface area (Å²) < 4.78 is 6.96. The summed E-state index contributed by atoms with van der Waals surface area (Å²) in [5.41, 5.74) is 2.77. The number of hydrogen-bond donors (Lipinski definition) is 1. The lowest BCUT2D eigenvalue weighted by Crippen LogP contribution is -2.25. The van der Waals surface area contributed by atoms with Crippen molar-refractivity contribution in [1.29, 1.82) is 0 Å². The minimum Gasteiger partial charge on any atom is -0.481 e. The number of carbonyl (C=O) groups is 2. The van der Waals surface area contributed by atoms with E-state index in [0.29, 0.717) is 22.7 Å². The zero-order valence-electron chi connectivity index (χ0n) is 13.0. The van der Waals surface area contributed by atoms with Crippen molar-refractivity contribution >= 4 is 51.3 Å². The summed E-state index contributed by atoms with van der Waals surface area (Å²) in [6, 6.07) is 13.1. The van der Waals surface area contributed by atoms with Gasteiger partial charge < -0.3 is 14.4 Å². The van der Waals surface area contributed by atoms with Gasteiger partial charge in [0.25, 0.3) is 0 Å². The molecule has 1 aliphatic rings. The normalized spacial score (nSPS) is 17.4. The van der Waals surface area contributed by atoms with E-state index < -0.39 is 11.9 Å². The number of anilines is 1. The van der Waals surface area contributed by atoms with Crippen LogP contribution in [0.15, 0.2) is 46.9 Å². The summed E-state index contributed by atoms with van der Waals surface area (Å²) in [5.74, 6) is -1.29. The Bertz CT molecular complexity index is 980. The van der Waals surface area contributed by atoms with Crippen LogP contribution in [-0.2, 0) is 9.59 Å². The molecule has 0 bridgehead atoms. The average Bonchev–Trinajstić information content (AvgIpc) is 3.18. The summed E-state index contributed by atoms with van der Waals surface area (Å²) in [4.78, 5) is 29.2. The van der Waals surface area contributed by atoms with Crippen molar-refractivity contribution in [2.75, 3.05) is 11.4 Å². The monoisotopic (exact) mass is 448 g/mol. The first-order valence-electron chi connectivity index (χ1n) is 7.71. The van der Waals surface area contributed by atoms with Crippen molar-refractivity contribution < 1.29 is 19.1 Å². The van der Waals surface area contributed by atoms with Crippen LogP contribution >= 0.6 is 22.6 Å². The van der Waals surface area contributed by atoms with E-state index in [2.05, 4.69) is 27.6 Å². The molecule has 1 atom stereocenters. The summed E-state index contributed by atoms with van der Waals surface area (Å²) >= 11 is 2.23. The van der Waals surface area contributed by atoms with Crippen LogP contribution in [0.4, 0.5) is 5.69 Å². The van der Waals surface area contributed by atoms with Gasteiger partial charge in [-0.2, -0.15) is 0 Å². The first kappa shape index (κ1) is 16.1. The summed E-state index contributed by atoms with van der Waals surface area (Å²) in [5, 5.41) is 9.11. The molecule has 1 amide bonds. The second kappa shape index (κ2) is 6.14. The lowest BCUT2D eigenvalue weighted by molar-refractivity contribution is -0.141. The molecule has 0 unspecified atom stereocenters. The number of aromatic nitrogens is 1. The molecule has 0 spiro atoms. The Morgan fingerprint density at radius 2 is 2.00 bits per heavy atom. The van der Waals surface area contributed by atoms with Gasteiger partial charge in [0.1, 0.15) is 5.52 Å². The van der Waals surface area contributed by atoms with E-state index in [0.717, 1.165) is 9.13 Å². The molecule has 2 heterocycles. The number of hydrogen-bond acceptors (Lipinski definition) is 4. The number of oxazole rings is 1. The molecule has 6 nitrogen and oxygen atoms in total. The maximum absolute atomic E-state index is 12.1. The van der Waals surface area contributed by atoms with Gasteiger partial charge in [-0.15, -0.1) is 0 Å². The number of carboxylic acids is 1. The highest BCUT2D eigenvalue weighted by Gasteiger charge is 2.35. The van der Waals surface area contributed by atoms with Crippen molar-refractivity contribution in [3.63, 3.8) is 0 Å². The van der Waals surface area contributed by atoms with Gasteiger partial charge in [0.2, 0.25) is 11.8 Å². The number of carbonyl (C=O) groups excluding carboxylic acids is 1. The molecule has 1 fully saturated rings. The quantitative estimate of drug-likeness (QED) is 0.620. The average molecular weight is 448 g/mol. The van der Waals surface area contributed by atoms with Gasteiger partial charge in [0, 0.05) is 33.9 Å². The minimum absolute atomic E-state index is 0.0255. The molecule has 1 aliphatic heterocycles. The minimum atomic E-state index is -0.947. The molecular weight excluding hydrogens is 435 g/mol. The van der Waals surface area contributed by atoms with Crippen LogP contribution in [-0.4, -0.2) is 28.5 Å². The fourth-order valence-corrected chi connectivity index (χ4v) is 3.28. The Labute approximate surface area is 156 Å². The number of aliphatic carboxylic acids is 1. The third kappa shape index (κ3) is 2.99. The molecule has 1 aromatic heterocycles. The maximum atomic E-state index is 12.1. The van der Waals surface area contributed by atoms with E-state index >= 15 is 0 Å². The van der Waals surface area contributed by atoms with Crippen molar-refractivity contribution in [3.8, 4) is 11.5 Å². The highest BCUT2D eigenvalue weighted by Crippen LogP contribution is 2.31. The Kier molecular flexibility index (Phi) is 3.95. The van der Waals surface area contributed by atoms with Gasteiger partial charge in [-0.25, -0.2) is 4.98 Å². The fourth-order valence-electron chi connectivity index (χ4n) is 2.92. The largest absolute Gasteiger partial charge is 0.481 e.